The Hall–Kier alpha value is -2.42. The van der Waals surface area contributed by atoms with Crippen LogP contribution < -0.4 is 0 Å². The Morgan fingerprint density at radius 2 is 1.29 bits per heavy atom. The van der Waals surface area contributed by atoms with Gasteiger partial charge in [-0.15, -0.1) is 0 Å². The number of rotatable bonds is 0. The van der Waals surface area contributed by atoms with Crippen LogP contribution in [-0.2, 0) is 9.59 Å². The second kappa shape index (κ2) is 10.6. The molecule has 0 atom stereocenters. The molecule has 6 nitrogen and oxygen atoms in total. The molecule has 0 radical (unpaired) electrons. The zero-order valence-corrected chi connectivity index (χ0v) is 7.02. The number of aromatic hydroxyl groups is 2. The van der Waals surface area contributed by atoms with E-state index in [0.29, 0.717) is 0 Å². The number of benzene rings is 1. The average Bonchev–Trinajstić information content (AvgIpc) is 2.06. The molecule has 14 heavy (non-hydrogen) atoms. The van der Waals surface area contributed by atoms with E-state index >= 15 is 0 Å². The lowest BCUT2D eigenvalue weighted by atomic mass is 10.3. The molecule has 74 valence electrons. The van der Waals surface area contributed by atoms with Gasteiger partial charge >= 0.3 is 0 Å². The second-order valence-electron chi connectivity index (χ2n) is 1.72. The molecule has 0 spiro atoms. The van der Waals surface area contributed by atoms with E-state index in [1.807, 2.05) is 0 Å². The third-order valence-electron chi connectivity index (χ3n) is 0.830. The fourth-order valence-corrected chi connectivity index (χ4v) is 0.493. The first-order valence-electron chi connectivity index (χ1n) is 3.18. The van der Waals surface area contributed by atoms with Crippen LogP contribution in [0.5, 0.6) is 11.5 Å². The van der Waals surface area contributed by atoms with Crippen molar-refractivity contribution >= 4 is 12.2 Å². The first kappa shape index (κ1) is 14.1. The zero-order valence-electron chi connectivity index (χ0n) is 7.02. The van der Waals surface area contributed by atoms with Gasteiger partial charge in [0.25, 0.3) is 0 Å². The number of carbonyl (C=O) groups excluding carboxylic acids is 2. The van der Waals surface area contributed by atoms with Gasteiger partial charge in [0.2, 0.25) is 12.2 Å². The molecular formula is C8H8N2O4. The van der Waals surface area contributed by atoms with E-state index in [9.17, 15) is 0 Å². The summed E-state index contributed by atoms with van der Waals surface area (Å²) in [7, 11) is 0. The zero-order chi connectivity index (χ0) is 11.4. The molecular weight excluding hydrogens is 188 g/mol. The minimum Gasteiger partial charge on any atom is -0.508 e. The van der Waals surface area contributed by atoms with Gasteiger partial charge in [-0.3, -0.25) is 0 Å². The molecule has 0 fully saturated rings. The van der Waals surface area contributed by atoms with Crippen LogP contribution in [-0.4, -0.2) is 22.4 Å². The second-order valence-corrected chi connectivity index (χ2v) is 1.72. The first-order valence-corrected chi connectivity index (χ1v) is 3.18. The molecule has 1 rings (SSSR count). The summed E-state index contributed by atoms with van der Waals surface area (Å²) in [6.07, 6.45) is 1.50. The van der Waals surface area contributed by atoms with Gasteiger partial charge in [-0.05, 0) is 12.1 Å². The van der Waals surface area contributed by atoms with Crippen molar-refractivity contribution in [2.75, 3.05) is 0 Å². The van der Waals surface area contributed by atoms with Crippen molar-refractivity contribution in [3.63, 3.8) is 0 Å². The minimum atomic E-state index is 0.0880. The number of isocyanates is 2. The Bertz CT molecular complexity index is 297. The van der Waals surface area contributed by atoms with Crippen LogP contribution >= 0.6 is 0 Å². The number of phenolic OH excluding ortho intramolecular Hbond substituents is 2. The molecule has 0 aliphatic rings. The number of hydrogen-bond acceptors (Lipinski definition) is 6. The van der Waals surface area contributed by atoms with Gasteiger partial charge in [0, 0.05) is 6.07 Å². The molecule has 0 bridgehead atoms. The maximum atomic E-state index is 8.65. The van der Waals surface area contributed by atoms with Crippen molar-refractivity contribution in [2.45, 2.75) is 0 Å². The smallest absolute Gasteiger partial charge is 0.231 e. The predicted octanol–water partition coefficient (Wildman–Crippen LogP) is 0.900. The highest BCUT2D eigenvalue weighted by Gasteiger charge is 1.85. The quantitative estimate of drug-likeness (QED) is 0.363. The molecule has 6 heteroatoms. The summed E-state index contributed by atoms with van der Waals surface area (Å²) in [6.45, 7) is 0. The molecule has 0 amide bonds. The van der Waals surface area contributed by atoms with Gasteiger partial charge in [0.1, 0.15) is 11.5 Å². The van der Waals surface area contributed by atoms with Crippen molar-refractivity contribution in [3.8, 4) is 11.5 Å². The lowest BCUT2D eigenvalue weighted by Gasteiger charge is -1.89. The first-order chi connectivity index (χ1) is 6.62. The van der Waals surface area contributed by atoms with E-state index in [2.05, 4.69) is 0 Å². The van der Waals surface area contributed by atoms with Crippen molar-refractivity contribution in [2.24, 2.45) is 0 Å². The Morgan fingerprint density at radius 1 is 1.00 bits per heavy atom. The molecule has 0 saturated heterocycles. The van der Waals surface area contributed by atoms with Crippen LogP contribution in [0.15, 0.2) is 24.3 Å². The van der Waals surface area contributed by atoms with E-state index in [-0.39, 0.29) is 11.5 Å². The fraction of sp³-hybridized carbons (Fsp3) is 0. The largest absolute Gasteiger partial charge is 0.508 e. The van der Waals surface area contributed by atoms with E-state index in [1.165, 1.54) is 18.2 Å². The molecule has 1 aromatic carbocycles. The van der Waals surface area contributed by atoms with Crippen LogP contribution in [0.3, 0.4) is 0 Å². The topological polar surface area (TPSA) is 122 Å². The highest BCUT2D eigenvalue weighted by Crippen LogP contribution is 2.14. The van der Waals surface area contributed by atoms with Gasteiger partial charge < -0.3 is 10.2 Å². The normalized spacial score (nSPS) is 6.29. The lowest BCUT2D eigenvalue weighted by molar-refractivity contribution is 0.450. The van der Waals surface area contributed by atoms with E-state index in [1.54, 1.807) is 6.07 Å². The van der Waals surface area contributed by atoms with E-state index < -0.39 is 0 Å². The van der Waals surface area contributed by atoms with Crippen LogP contribution in [0.1, 0.15) is 0 Å². The SMILES string of the molecule is N=C=O.N=C=O.Oc1cccc(O)c1. The molecule has 4 N–H and O–H groups in total. The highest BCUT2D eigenvalue weighted by molar-refractivity contribution is 5.30. The van der Waals surface area contributed by atoms with Crippen LogP contribution in [0.25, 0.3) is 0 Å². The Labute approximate surface area is 79.5 Å². The van der Waals surface area contributed by atoms with Gasteiger partial charge in [-0.2, -0.15) is 0 Å². The predicted molar refractivity (Wildman–Crippen MR) is 46.6 cm³/mol. The van der Waals surface area contributed by atoms with Crippen LogP contribution in [0, 0.1) is 10.8 Å². The Kier molecular flexibility index (Phi) is 10.7. The maximum absolute atomic E-state index is 8.65. The molecule has 0 aromatic heterocycles. The summed E-state index contributed by atoms with van der Waals surface area (Å²) in [5, 5.41) is 28.1. The number of nitrogens with one attached hydrogen (secondary N) is 2. The maximum Gasteiger partial charge on any atom is 0.231 e. The van der Waals surface area contributed by atoms with E-state index in [4.69, 9.17) is 30.6 Å². The lowest BCUT2D eigenvalue weighted by Crippen LogP contribution is -1.61. The average molecular weight is 196 g/mol. The van der Waals surface area contributed by atoms with Crippen molar-refractivity contribution < 1.29 is 19.8 Å². The molecule has 1 aromatic rings. The van der Waals surface area contributed by atoms with E-state index in [0.717, 1.165) is 12.2 Å². The molecule has 0 aliphatic heterocycles. The summed E-state index contributed by atoms with van der Waals surface area (Å²) < 4.78 is 0. The van der Waals surface area contributed by atoms with Gasteiger partial charge in [0.15, 0.2) is 0 Å². The van der Waals surface area contributed by atoms with Crippen molar-refractivity contribution in [3.05, 3.63) is 24.3 Å². The van der Waals surface area contributed by atoms with Crippen LogP contribution in [0.2, 0.25) is 0 Å². The summed E-state index contributed by atoms with van der Waals surface area (Å²) >= 11 is 0. The summed E-state index contributed by atoms with van der Waals surface area (Å²) in [4.78, 5) is 16.7. The molecule has 0 aliphatic carbocycles. The summed E-state index contributed by atoms with van der Waals surface area (Å²) in [5.74, 6) is 0.176. The van der Waals surface area contributed by atoms with Crippen molar-refractivity contribution in [1.82, 2.24) is 0 Å². The molecule has 0 unspecified atom stereocenters. The summed E-state index contributed by atoms with van der Waals surface area (Å²) in [6, 6.07) is 5.85. The molecule has 0 saturated carbocycles. The highest BCUT2D eigenvalue weighted by atomic mass is 16.3. The Balaban J connectivity index is 0. The third-order valence-corrected chi connectivity index (χ3v) is 0.830. The summed E-state index contributed by atoms with van der Waals surface area (Å²) in [5.41, 5.74) is 0. The third kappa shape index (κ3) is 12.3. The number of phenols is 2. The van der Waals surface area contributed by atoms with Gasteiger partial charge in [-0.25, -0.2) is 20.4 Å². The van der Waals surface area contributed by atoms with Gasteiger partial charge in [0.05, 0.1) is 0 Å². The van der Waals surface area contributed by atoms with Gasteiger partial charge in [-0.1, -0.05) is 6.07 Å². The Morgan fingerprint density at radius 3 is 1.43 bits per heavy atom. The number of hydrogen-bond donors (Lipinski definition) is 4. The molecule has 0 heterocycles. The van der Waals surface area contributed by atoms with Crippen molar-refractivity contribution in [1.29, 1.82) is 10.8 Å². The standard InChI is InChI=1S/C6H6O2.2CHNO/c7-5-2-1-3-6(8)4-5;2*2-1-3/h1-4,7-8H;2*2H. The fourth-order valence-electron chi connectivity index (χ4n) is 0.493. The van der Waals surface area contributed by atoms with Crippen LogP contribution in [0.4, 0.5) is 0 Å². The minimum absolute atomic E-state index is 0.0880. The monoisotopic (exact) mass is 196 g/mol.